The van der Waals surface area contributed by atoms with Gasteiger partial charge in [-0.25, -0.2) is 4.98 Å². The van der Waals surface area contributed by atoms with Crippen LogP contribution in [0.3, 0.4) is 0 Å². The lowest BCUT2D eigenvalue weighted by Gasteiger charge is -2.30. The van der Waals surface area contributed by atoms with Crippen LogP contribution in [-0.4, -0.2) is 28.9 Å². The largest absolute Gasteiger partial charge is 0.342 e. The number of amides is 1. The van der Waals surface area contributed by atoms with E-state index in [0.29, 0.717) is 12.3 Å². The molecule has 1 aliphatic heterocycles. The molecule has 2 aromatic rings. The highest BCUT2D eigenvalue weighted by Crippen LogP contribution is 2.32. The maximum absolute atomic E-state index is 12.6. The fourth-order valence-corrected chi connectivity index (χ4v) is 4.61. The maximum atomic E-state index is 12.6. The first-order valence-electron chi connectivity index (χ1n) is 7.41. The number of aromatic nitrogens is 1. The number of rotatable bonds is 3. The van der Waals surface area contributed by atoms with E-state index >= 15 is 0 Å². The second-order valence-corrected chi connectivity index (χ2v) is 7.98. The molecule has 0 N–H and O–H groups in total. The number of carbonyl (C=O) groups excluding carboxylic acids is 1. The molecule has 0 bridgehead atoms. The van der Waals surface area contributed by atoms with Gasteiger partial charge in [0.25, 0.3) is 0 Å². The van der Waals surface area contributed by atoms with E-state index in [9.17, 15) is 4.79 Å². The summed E-state index contributed by atoms with van der Waals surface area (Å²) in [6, 6.07) is 4.11. The van der Waals surface area contributed by atoms with Gasteiger partial charge in [0.1, 0.15) is 0 Å². The second kappa shape index (κ2) is 6.28. The molecule has 1 saturated heterocycles. The summed E-state index contributed by atoms with van der Waals surface area (Å²) in [7, 11) is 0. The van der Waals surface area contributed by atoms with E-state index in [0.717, 1.165) is 40.0 Å². The lowest BCUT2D eigenvalue weighted by atomic mass is 10.00. The van der Waals surface area contributed by atoms with Gasteiger partial charge in [-0.3, -0.25) is 4.79 Å². The Morgan fingerprint density at radius 2 is 2.38 bits per heavy atom. The van der Waals surface area contributed by atoms with Gasteiger partial charge in [0.15, 0.2) is 0 Å². The molecule has 0 spiro atoms. The van der Waals surface area contributed by atoms with E-state index in [4.69, 9.17) is 0 Å². The number of likely N-dealkylation sites (tertiary alicyclic amines) is 1. The molecule has 0 aromatic carbocycles. The van der Waals surface area contributed by atoms with Crippen LogP contribution in [0.4, 0.5) is 0 Å². The molecule has 3 rings (SSSR count). The predicted octanol–water partition coefficient (Wildman–Crippen LogP) is 3.98. The number of aryl methyl sites for hydroxylation is 1. The van der Waals surface area contributed by atoms with Gasteiger partial charge in [0.2, 0.25) is 5.91 Å². The molecule has 112 valence electrons. The Kier molecular flexibility index (Phi) is 4.40. The van der Waals surface area contributed by atoms with Crippen molar-refractivity contribution in [1.29, 1.82) is 0 Å². The van der Waals surface area contributed by atoms with Gasteiger partial charge in [-0.15, -0.1) is 22.7 Å². The average molecular weight is 320 g/mol. The summed E-state index contributed by atoms with van der Waals surface area (Å²) in [6.45, 7) is 6.06. The number of hydrogen-bond acceptors (Lipinski definition) is 4. The van der Waals surface area contributed by atoms with E-state index in [1.54, 1.807) is 22.7 Å². The van der Waals surface area contributed by atoms with Crippen molar-refractivity contribution in [1.82, 2.24) is 9.88 Å². The number of nitrogens with zero attached hydrogens (tertiary/aromatic N) is 2. The molecule has 0 unspecified atom stereocenters. The standard InChI is InChI=1S/C16H20N2OS2/c1-11-5-3-7-18(10-11)15(19)9-14-16(17-12(2)21-14)13-6-4-8-20-13/h4,6,8,11H,3,5,7,9-10H2,1-2H3/t11-/m0/s1. The highest BCUT2D eigenvalue weighted by atomic mass is 32.1. The normalized spacial score (nSPS) is 19.0. The van der Waals surface area contributed by atoms with Crippen molar-refractivity contribution >= 4 is 28.6 Å². The average Bonchev–Trinajstić information content (AvgIpc) is 3.08. The van der Waals surface area contributed by atoms with E-state index in [1.807, 2.05) is 17.9 Å². The van der Waals surface area contributed by atoms with Crippen LogP contribution in [0.25, 0.3) is 10.6 Å². The highest BCUT2D eigenvalue weighted by molar-refractivity contribution is 7.15. The summed E-state index contributed by atoms with van der Waals surface area (Å²) >= 11 is 3.34. The molecule has 0 aliphatic carbocycles. The molecule has 0 radical (unpaired) electrons. The Hall–Kier alpha value is -1.20. The third-order valence-electron chi connectivity index (χ3n) is 3.88. The minimum Gasteiger partial charge on any atom is -0.342 e. The smallest absolute Gasteiger partial charge is 0.227 e. The molecule has 2 aromatic heterocycles. The Morgan fingerprint density at radius 1 is 1.52 bits per heavy atom. The lowest BCUT2D eigenvalue weighted by Crippen LogP contribution is -2.39. The summed E-state index contributed by atoms with van der Waals surface area (Å²) in [5, 5.41) is 3.09. The molecule has 0 saturated carbocycles. The van der Waals surface area contributed by atoms with Gasteiger partial charge >= 0.3 is 0 Å². The van der Waals surface area contributed by atoms with Gasteiger partial charge in [0.05, 0.1) is 22.0 Å². The quantitative estimate of drug-likeness (QED) is 0.857. The summed E-state index contributed by atoms with van der Waals surface area (Å²) in [5.41, 5.74) is 1.01. The zero-order valence-corrected chi connectivity index (χ0v) is 14.1. The zero-order chi connectivity index (χ0) is 14.8. The van der Waals surface area contributed by atoms with Crippen LogP contribution in [0, 0.1) is 12.8 Å². The molecule has 21 heavy (non-hydrogen) atoms. The van der Waals surface area contributed by atoms with Crippen LogP contribution in [0.15, 0.2) is 17.5 Å². The summed E-state index contributed by atoms with van der Waals surface area (Å²) in [4.78, 5) is 21.5. The minimum absolute atomic E-state index is 0.253. The monoisotopic (exact) mass is 320 g/mol. The Bertz CT molecular complexity index is 618. The molecule has 1 fully saturated rings. The molecular weight excluding hydrogens is 300 g/mol. The predicted molar refractivity (Wildman–Crippen MR) is 88.8 cm³/mol. The molecule has 5 heteroatoms. The van der Waals surface area contributed by atoms with Crippen LogP contribution in [0.5, 0.6) is 0 Å². The summed E-state index contributed by atoms with van der Waals surface area (Å²) in [5.74, 6) is 0.880. The van der Waals surface area contributed by atoms with Crippen LogP contribution in [0.1, 0.15) is 29.7 Å². The van der Waals surface area contributed by atoms with Crippen molar-refractivity contribution in [3.63, 3.8) is 0 Å². The zero-order valence-electron chi connectivity index (χ0n) is 12.5. The molecule has 1 aliphatic rings. The number of thiophene rings is 1. The van der Waals surface area contributed by atoms with Crippen molar-refractivity contribution in [2.24, 2.45) is 5.92 Å². The topological polar surface area (TPSA) is 33.2 Å². The molecule has 3 heterocycles. The van der Waals surface area contributed by atoms with Gasteiger partial charge in [-0.2, -0.15) is 0 Å². The van der Waals surface area contributed by atoms with E-state index in [2.05, 4.69) is 23.4 Å². The van der Waals surface area contributed by atoms with Crippen LogP contribution in [-0.2, 0) is 11.2 Å². The van der Waals surface area contributed by atoms with Gasteiger partial charge in [-0.1, -0.05) is 13.0 Å². The second-order valence-electron chi connectivity index (χ2n) is 5.75. The minimum atomic E-state index is 0.253. The Labute approximate surface area is 133 Å². The fourth-order valence-electron chi connectivity index (χ4n) is 2.86. The lowest BCUT2D eigenvalue weighted by molar-refractivity contribution is -0.132. The first-order valence-corrected chi connectivity index (χ1v) is 9.11. The number of piperidine rings is 1. The first kappa shape index (κ1) is 14.7. The van der Waals surface area contributed by atoms with Crippen molar-refractivity contribution in [3.8, 4) is 10.6 Å². The van der Waals surface area contributed by atoms with Crippen molar-refractivity contribution in [2.45, 2.75) is 33.1 Å². The molecule has 1 atom stereocenters. The maximum Gasteiger partial charge on any atom is 0.227 e. The summed E-state index contributed by atoms with van der Waals surface area (Å²) < 4.78 is 0. The van der Waals surface area contributed by atoms with Crippen molar-refractivity contribution in [2.75, 3.05) is 13.1 Å². The van der Waals surface area contributed by atoms with E-state index < -0.39 is 0 Å². The van der Waals surface area contributed by atoms with Gasteiger partial charge in [-0.05, 0) is 37.1 Å². The number of thiazole rings is 1. The van der Waals surface area contributed by atoms with Crippen molar-refractivity contribution < 1.29 is 4.79 Å². The Morgan fingerprint density at radius 3 is 3.10 bits per heavy atom. The molecule has 3 nitrogen and oxygen atoms in total. The molecule has 1 amide bonds. The van der Waals surface area contributed by atoms with Crippen LogP contribution in [0.2, 0.25) is 0 Å². The van der Waals surface area contributed by atoms with Crippen molar-refractivity contribution in [3.05, 3.63) is 27.4 Å². The Balaban J connectivity index is 1.77. The molecular formula is C16H20N2OS2. The third-order valence-corrected chi connectivity index (χ3v) is 5.73. The van der Waals surface area contributed by atoms with Gasteiger partial charge < -0.3 is 4.90 Å². The fraction of sp³-hybridized carbons (Fsp3) is 0.500. The number of hydrogen-bond donors (Lipinski definition) is 0. The van der Waals surface area contributed by atoms with Crippen LogP contribution >= 0.6 is 22.7 Å². The highest BCUT2D eigenvalue weighted by Gasteiger charge is 2.23. The first-order chi connectivity index (χ1) is 10.1. The number of carbonyl (C=O) groups is 1. The van der Waals surface area contributed by atoms with E-state index in [-0.39, 0.29) is 5.91 Å². The van der Waals surface area contributed by atoms with E-state index in [1.165, 1.54) is 6.42 Å². The summed E-state index contributed by atoms with van der Waals surface area (Å²) in [6.07, 6.45) is 2.86. The van der Waals surface area contributed by atoms with Crippen LogP contribution < -0.4 is 0 Å². The SMILES string of the molecule is Cc1nc(-c2cccs2)c(CC(=O)N2CCC[C@H](C)C2)s1. The van der Waals surface area contributed by atoms with Gasteiger partial charge in [0, 0.05) is 18.0 Å². The third kappa shape index (κ3) is 3.35.